The highest BCUT2D eigenvalue weighted by molar-refractivity contribution is 5.09. The van der Waals surface area contributed by atoms with Crippen molar-refractivity contribution in [3.8, 4) is 0 Å². The van der Waals surface area contributed by atoms with Crippen LogP contribution >= 0.6 is 0 Å². The molecule has 0 aromatic carbocycles. The van der Waals surface area contributed by atoms with Gasteiger partial charge < -0.3 is 0 Å². The molecule has 2 aliphatic rings. The average molecular weight is 264 g/mol. The van der Waals surface area contributed by atoms with Gasteiger partial charge in [0.25, 0.3) is 0 Å². The summed E-state index contributed by atoms with van der Waals surface area (Å²) in [6, 6.07) is 0. The normalized spacial score (nSPS) is 30.9. The van der Waals surface area contributed by atoms with Crippen LogP contribution in [0.1, 0.15) is 71.1 Å². The topological polar surface area (TPSA) is 0 Å². The van der Waals surface area contributed by atoms with Crippen LogP contribution in [0.4, 0.5) is 4.39 Å². The lowest BCUT2D eigenvalue weighted by atomic mass is 9.70. The molecule has 0 amide bonds. The summed E-state index contributed by atoms with van der Waals surface area (Å²) in [6.45, 7) is 1.75. The summed E-state index contributed by atoms with van der Waals surface area (Å²) < 4.78 is 13.0. The quantitative estimate of drug-likeness (QED) is 0.531. The van der Waals surface area contributed by atoms with Crippen LogP contribution in [0.15, 0.2) is 24.1 Å². The van der Waals surface area contributed by atoms with Crippen LogP contribution in [0.2, 0.25) is 0 Å². The molecule has 0 atom stereocenters. The standard InChI is InChI=1S/C18H29F/c1-2-18(19)10-6-7-15-11-13-17(14-12-15)16-8-4-3-5-9-16/h2,6,10,15-17H,3-5,7-9,11-14H2,1H3/b10-6-,18-2+. The molecular formula is C18H29F. The highest BCUT2D eigenvalue weighted by Crippen LogP contribution is 2.40. The first-order valence-electron chi connectivity index (χ1n) is 8.28. The smallest absolute Gasteiger partial charge is 0.118 e. The maximum Gasteiger partial charge on any atom is 0.118 e. The Morgan fingerprint density at radius 2 is 1.58 bits per heavy atom. The third-order valence-electron chi connectivity index (χ3n) is 5.23. The minimum absolute atomic E-state index is 0.101. The molecule has 2 fully saturated rings. The number of hydrogen-bond acceptors (Lipinski definition) is 0. The zero-order valence-electron chi connectivity index (χ0n) is 12.4. The van der Waals surface area contributed by atoms with Gasteiger partial charge in [0.1, 0.15) is 5.83 Å². The molecule has 0 N–H and O–H groups in total. The van der Waals surface area contributed by atoms with E-state index in [1.807, 2.05) is 6.08 Å². The van der Waals surface area contributed by atoms with E-state index in [1.165, 1.54) is 63.9 Å². The zero-order chi connectivity index (χ0) is 13.5. The van der Waals surface area contributed by atoms with Crippen molar-refractivity contribution in [2.75, 3.05) is 0 Å². The molecule has 2 rings (SSSR count). The predicted octanol–water partition coefficient (Wildman–Crippen LogP) is 6.19. The Kier molecular flexibility index (Phi) is 6.13. The Bertz CT molecular complexity index is 302. The van der Waals surface area contributed by atoms with Crippen LogP contribution in [-0.2, 0) is 0 Å². The van der Waals surface area contributed by atoms with E-state index in [2.05, 4.69) is 0 Å². The molecule has 19 heavy (non-hydrogen) atoms. The van der Waals surface area contributed by atoms with E-state index < -0.39 is 0 Å². The van der Waals surface area contributed by atoms with Gasteiger partial charge in [-0.3, -0.25) is 0 Å². The van der Waals surface area contributed by atoms with Gasteiger partial charge in [0.15, 0.2) is 0 Å². The Balaban J connectivity index is 1.68. The molecule has 0 aromatic heterocycles. The molecule has 0 aliphatic heterocycles. The summed E-state index contributed by atoms with van der Waals surface area (Å²) in [5.41, 5.74) is 0. The van der Waals surface area contributed by atoms with Crippen molar-refractivity contribution in [1.82, 2.24) is 0 Å². The fourth-order valence-corrected chi connectivity index (χ4v) is 3.97. The predicted molar refractivity (Wildman–Crippen MR) is 80.6 cm³/mol. The van der Waals surface area contributed by atoms with Crippen LogP contribution in [0.5, 0.6) is 0 Å². The fraction of sp³-hybridized carbons (Fsp3) is 0.778. The van der Waals surface area contributed by atoms with Gasteiger partial charge in [0, 0.05) is 0 Å². The van der Waals surface area contributed by atoms with E-state index in [9.17, 15) is 4.39 Å². The van der Waals surface area contributed by atoms with Crippen LogP contribution in [0.25, 0.3) is 0 Å². The SMILES string of the molecule is C/C=C(F)\C=C/CC1CCC(C2CCCCC2)CC1. The Hall–Kier alpha value is -0.590. The van der Waals surface area contributed by atoms with Crippen molar-refractivity contribution in [3.05, 3.63) is 24.1 Å². The van der Waals surface area contributed by atoms with Crippen molar-refractivity contribution < 1.29 is 4.39 Å². The molecule has 0 unspecified atom stereocenters. The van der Waals surface area contributed by atoms with Crippen molar-refractivity contribution in [2.45, 2.75) is 71.1 Å². The highest BCUT2D eigenvalue weighted by Gasteiger charge is 2.27. The summed E-state index contributed by atoms with van der Waals surface area (Å²) in [6.07, 6.45) is 19.2. The van der Waals surface area contributed by atoms with Crippen molar-refractivity contribution in [3.63, 3.8) is 0 Å². The lowest BCUT2D eigenvalue weighted by molar-refractivity contribution is 0.168. The first-order valence-corrected chi connectivity index (χ1v) is 8.28. The second-order valence-electron chi connectivity index (χ2n) is 6.49. The zero-order valence-corrected chi connectivity index (χ0v) is 12.4. The Morgan fingerprint density at radius 1 is 0.947 bits per heavy atom. The lowest BCUT2D eigenvalue weighted by Gasteiger charge is -2.35. The monoisotopic (exact) mass is 264 g/mol. The molecule has 0 saturated heterocycles. The van der Waals surface area contributed by atoms with E-state index in [0.717, 1.165) is 24.2 Å². The summed E-state index contributed by atoms with van der Waals surface area (Å²) in [5.74, 6) is 2.75. The molecule has 0 nitrogen and oxygen atoms in total. The maximum atomic E-state index is 13.0. The molecular weight excluding hydrogens is 235 g/mol. The third kappa shape index (κ3) is 4.78. The minimum atomic E-state index is -0.101. The number of rotatable bonds is 4. The number of halogens is 1. The van der Waals surface area contributed by atoms with E-state index in [-0.39, 0.29) is 5.83 Å². The Labute approximate surface area is 118 Å². The summed E-state index contributed by atoms with van der Waals surface area (Å²) in [4.78, 5) is 0. The lowest BCUT2D eigenvalue weighted by Crippen LogP contribution is -2.23. The van der Waals surface area contributed by atoms with Gasteiger partial charge in [-0.15, -0.1) is 0 Å². The third-order valence-corrected chi connectivity index (χ3v) is 5.23. The first kappa shape index (κ1) is 14.8. The molecule has 0 radical (unpaired) electrons. The van der Waals surface area contributed by atoms with E-state index in [4.69, 9.17) is 0 Å². The van der Waals surface area contributed by atoms with Gasteiger partial charge in [0.05, 0.1) is 0 Å². The molecule has 0 spiro atoms. The van der Waals surface area contributed by atoms with Gasteiger partial charge in [-0.2, -0.15) is 0 Å². The number of allylic oxidation sites excluding steroid dienone is 4. The molecule has 108 valence electrons. The molecule has 0 aromatic rings. The van der Waals surface area contributed by atoms with Gasteiger partial charge in [-0.25, -0.2) is 4.39 Å². The number of hydrogen-bond donors (Lipinski definition) is 0. The van der Waals surface area contributed by atoms with Crippen molar-refractivity contribution in [2.24, 2.45) is 17.8 Å². The molecule has 1 heteroatoms. The van der Waals surface area contributed by atoms with E-state index >= 15 is 0 Å². The van der Waals surface area contributed by atoms with Crippen LogP contribution in [0, 0.1) is 17.8 Å². The second-order valence-corrected chi connectivity index (χ2v) is 6.49. The van der Waals surface area contributed by atoms with E-state index in [1.54, 1.807) is 13.0 Å². The largest absolute Gasteiger partial charge is 0.207 e. The highest BCUT2D eigenvalue weighted by atomic mass is 19.1. The molecule has 0 heterocycles. The Morgan fingerprint density at radius 3 is 2.21 bits per heavy atom. The molecule has 0 bridgehead atoms. The summed E-state index contributed by atoms with van der Waals surface area (Å²) in [7, 11) is 0. The molecule has 2 aliphatic carbocycles. The fourth-order valence-electron chi connectivity index (χ4n) is 3.97. The van der Waals surface area contributed by atoms with Gasteiger partial charge in [-0.1, -0.05) is 44.3 Å². The van der Waals surface area contributed by atoms with Crippen molar-refractivity contribution in [1.29, 1.82) is 0 Å². The van der Waals surface area contributed by atoms with Crippen LogP contribution in [-0.4, -0.2) is 0 Å². The second kappa shape index (κ2) is 7.87. The van der Waals surface area contributed by atoms with Crippen LogP contribution < -0.4 is 0 Å². The van der Waals surface area contributed by atoms with Gasteiger partial charge in [-0.05, 0) is 62.9 Å². The van der Waals surface area contributed by atoms with Gasteiger partial charge >= 0.3 is 0 Å². The van der Waals surface area contributed by atoms with Gasteiger partial charge in [0.2, 0.25) is 0 Å². The van der Waals surface area contributed by atoms with Crippen LogP contribution in [0.3, 0.4) is 0 Å². The minimum Gasteiger partial charge on any atom is -0.207 e. The summed E-state index contributed by atoms with van der Waals surface area (Å²) >= 11 is 0. The average Bonchev–Trinajstić information content (AvgIpc) is 2.48. The van der Waals surface area contributed by atoms with Crippen molar-refractivity contribution >= 4 is 0 Å². The maximum absolute atomic E-state index is 13.0. The first-order chi connectivity index (χ1) is 9.29. The summed E-state index contributed by atoms with van der Waals surface area (Å²) in [5, 5.41) is 0. The van der Waals surface area contributed by atoms with E-state index in [0.29, 0.717) is 0 Å². The molecule has 2 saturated carbocycles.